The van der Waals surface area contributed by atoms with Gasteiger partial charge in [0.2, 0.25) is 11.8 Å². The van der Waals surface area contributed by atoms with Gasteiger partial charge in [0.25, 0.3) is 5.91 Å². The Hall–Kier alpha value is -3.90. The molecule has 1 aromatic heterocycles. The van der Waals surface area contributed by atoms with E-state index in [-0.39, 0.29) is 84.0 Å². The van der Waals surface area contributed by atoms with Crippen LogP contribution < -0.4 is 14.5 Å². The molecule has 214 valence electrons. The third-order valence-corrected chi connectivity index (χ3v) is 7.95. The quantitative estimate of drug-likeness (QED) is 0.358. The fourth-order valence-electron chi connectivity index (χ4n) is 5.77. The molecule has 4 heterocycles. The SMILES string of the molecule is C=CC(=O)N1CCN2c3c4c(nc5c(F)c(-c6cccc(C(F)(F)F)c6)c(Cl)cc35)O[C@@H](CCO)CN4C(=O)[C@H]2C1. The number of carbonyl (C=O) groups excluding carboxylic acids is 2. The molecule has 1 fully saturated rings. The van der Waals surface area contributed by atoms with Gasteiger partial charge in [0.15, 0.2) is 5.82 Å². The second kappa shape index (κ2) is 9.88. The molecular weight excluding hydrogens is 568 g/mol. The van der Waals surface area contributed by atoms with Gasteiger partial charge >= 0.3 is 6.18 Å². The highest BCUT2D eigenvalue weighted by Gasteiger charge is 2.47. The molecule has 1 N–H and O–H groups in total. The van der Waals surface area contributed by atoms with Crippen molar-refractivity contribution >= 4 is 45.7 Å². The maximum Gasteiger partial charge on any atom is 0.416 e. The van der Waals surface area contributed by atoms with E-state index in [0.717, 1.165) is 12.1 Å². The number of hydrogen-bond acceptors (Lipinski definition) is 6. The van der Waals surface area contributed by atoms with Crippen LogP contribution in [0.4, 0.5) is 28.9 Å². The standard InChI is InChI=1S/C28H23ClF4N4O4/c1-2-20(39)35-7-8-36-19(13-35)27(40)37-12-16(6-9-38)41-26-25(37)24(36)17-11-18(29)21(22(30)23(17)34-26)14-4-3-5-15(10-14)28(31,32)33/h2-5,10-11,16,19,38H,1,6-9,12-13H2/t16-,19+/m0/s1. The average molecular weight is 591 g/mol. The van der Waals surface area contributed by atoms with Crippen molar-refractivity contribution in [2.24, 2.45) is 0 Å². The summed E-state index contributed by atoms with van der Waals surface area (Å²) >= 11 is 6.56. The summed E-state index contributed by atoms with van der Waals surface area (Å²) in [5.74, 6) is -1.62. The van der Waals surface area contributed by atoms with Crippen molar-refractivity contribution in [3.8, 4) is 17.0 Å². The van der Waals surface area contributed by atoms with Crippen LogP contribution in [0.3, 0.4) is 0 Å². The number of aromatic nitrogens is 1. The number of hydrogen-bond donors (Lipinski definition) is 1. The lowest BCUT2D eigenvalue weighted by Gasteiger charge is -2.50. The van der Waals surface area contributed by atoms with E-state index in [1.165, 1.54) is 34.1 Å². The molecule has 0 radical (unpaired) electrons. The summed E-state index contributed by atoms with van der Waals surface area (Å²) in [5.41, 5.74) is -0.745. The first kappa shape index (κ1) is 27.3. The lowest BCUT2D eigenvalue weighted by Crippen LogP contribution is -2.65. The number of carbonyl (C=O) groups is 2. The Balaban J connectivity index is 1.58. The molecule has 2 aromatic carbocycles. The average Bonchev–Trinajstić information content (AvgIpc) is 2.94. The number of fused-ring (bicyclic) bond motifs is 4. The van der Waals surface area contributed by atoms with Gasteiger partial charge < -0.3 is 24.5 Å². The molecule has 2 amide bonds. The van der Waals surface area contributed by atoms with Crippen LogP contribution in [0.5, 0.6) is 5.88 Å². The normalized spacial score (nSPS) is 20.0. The van der Waals surface area contributed by atoms with Gasteiger partial charge in [0, 0.05) is 37.1 Å². The monoisotopic (exact) mass is 590 g/mol. The smallest absolute Gasteiger partial charge is 0.416 e. The second-order valence-corrected chi connectivity index (χ2v) is 10.4. The Morgan fingerprint density at radius 2 is 2.00 bits per heavy atom. The molecule has 6 rings (SSSR count). The van der Waals surface area contributed by atoms with Crippen molar-refractivity contribution in [3.05, 3.63) is 59.4 Å². The minimum atomic E-state index is -4.65. The van der Waals surface area contributed by atoms with Crippen LogP contribution in [-0.2, 0) is 15.8 Å². The van der Waals surface area contributed by atoms with E-state index in [1.807, 2.05) is 0 Å². The number of amides is 2. The van der Waals surface area contributed by atoms with Crippen LogP contribution >= 0.6 is 11.6 Å². The van der Waals surface area contributed by atoms with Crippen LogP contribution in [0, 0.1) is 5.82 Å². The summed E-state index contributed by atoms with van der Waals surface area (Å²) in [5, 5.41) is 9.65. The molecule has 13 heteroatoms. The van der Waals surface area contributed by atoms with Crippen molar-refractivity contribution in [1.29, 1.82) is 0 Å². The zero-order chi connectivity index (χ0) is 29.2. The highest BCUT2D eigenvalue weighted by Crippen LogP contribution is 2.51. The number of benzene rings is 2. The van der Waals surface area contributed by atoms with Crippen molar-refractivity contribution in [1.82, 2.24) is 9.88 Å². The van der Waals surface area contributed by atoms with E-state index < -0.39 is 29.7 Å². The number of nitrogens with zero attached hydrogens (tertiary/aromatic N) is 4. The summed E-state index contributed by atoms with van der Waals surface area (Å²) < 4.78 is 62.6. The number of rotatable bonds is 4. The van der Waals surface area contributed by atoms with Crippen LogP contribution in [0.25, 0.3) is 22.0 Å². The van der Waals surface area contributed by atoms with Crippen molar-refractivity contribution in [3.63, 3.8) is 0 Å². The van der Waals surface area contributed by atoms with E-state index in [9.17, 15) is 27.9 Å². The third-order valence-electron chi connectivity index (χ3n) is 7.66. The van der Waals surface area contributed by atoms with Gasteiger partial charge in [0.05, 0.1) is 29.4 Å². The van der Waals surface area contributed by atoms with Gasteiger partial charge in [0.1, 0.15) is 23.3 Å². The van der Waals surface area contributed by atoms with Crippen molar-refractivity contribution < 1.29 is 37.0 Å². The Morgan fingerprint density at radius 1 is 1.22 bits per heavy atom. The molecule has 1 saturated heterocycles. The number of piperazine rings is 1. The third kappa shape index (κ3) is 4.36. The number of ether oxygens (including phenoxy) is 1. The van der Waals surface area contributed by atoms with Crippen LogP contribution in [0.15, 0.2) is 43.0 Å². The molecule has 3 aliphatic rings. The number of pyridine rings is 1. The Bertz CT molecular complexity index is 1610. The fraction of sp³-hybridized carbons (Fsp3) is 0.321. The largest absolute Gasteiger partial charge is 0.471 e. The number of anilines is 2. The van der Waals surface area contributed by atoms with Gasteiger partial charge in [-0.3, -0.25) is 9.59 Å². The predicted octanol–water partition coefficient (Wildman–Crippen LogP) is 4.41. The lowest BCUT2D eigenvalue weighted by molar-refractivity contribution is -0.137. The zero-order valence-electron chi connectivity index (χ0n) is 21.4. The van der Waals surface area contributed by atoms with Gasteiger partial charge in [-0.1, -0.05) is 30.3 Å². The molecule has 0 unspecified atom stereocenters. The van der Waals surface area contributed by atoms with Gasteiger partial charge in [-0.15, -0.1) is 0 Å². The molecule has 0 aliphatic carbocycles. The van der Waals surface area contributed by atoms with Crippen molar-refractivity contribution in [2.75, 3.05) is 42.6 Å². The van der Waals surface area contributed by atoms with Gasteiger partial charge in [-0.25, -0.2) is 9.37 Å². The van der Waals surface area contributed by atoms with Crippen LogP contribution in [-0.4, -0.2) is 71.7 Å². The van der Waals surface area contributed by atoms with Gasteiger partial charge in [-0.2, -0.15) is 13.2 Å². The van der Waals surface area contributed by atoms with E-state index in [1.54, 1.807) is 4.90 Å². The molecule has 3 aliphatic heterocycles. The molecule has 2 atom stereocenters. The summed E-state index contributed by atoms with van der Waals surface area (Å²) in [7, 11) is 0. The summed E-state index contributed by atoms with van der Waals surface area (Å²) in [6.07, 6.45) is -3.95. The molecule has 3 aromatic rings. The summed E-state index contributed by atoms with van der Waals surface area (Å²) in [4.78, 5) is 35.3. The maximum atomic E-state index is 16.3. The fourth-order valence-corrected chi connectivity index (χ4v) is 6.07. The highest BCUT2D eigenvalue weighted by atomic mass is 35.5. The molecule has 8 nitrogen and oxygen atoms in total. The first-order valence-corrected chi connectivity index (χ1v) is 13.2. The number of halogens is 5. The first-order valence-electron chi connectivity index (χ1n) is 12.8. The molecule has 0 saturated carbocycles. The van der Waals surface area contributed by atoms with Crippen molar-refractivity contribution in [2.45, 2.75) is 24.7 Å². The van der Waals surface area contributed by atoms with Crippen LogP contribution in [0.1, 0.15) is 12.0 Å². The molecular formula is C28H23ClF4N4O4. The van der Waals surface area contributed by atoms with Gasteiger partial charge in [-0.05, 0) is 29.8 Å². The van der Waals surface area contributed by atoms with E-state index >= 15 is 4.39 Å². The summed E-state index contributed by atoms with van der Waals surface area (Å²) in [6, 6.07) is 4.82. The topological polar surface area (TPSA) is 86.2 Å². The van der Waals surface area contributed by atoms with E-state index in [2.05, 4.69) is 11.6 Å². The van der Waals surface area contributed by atoms with Crippen LogP contribution in [0.2, 0.25) is 5.02 Å². The predicted molar refractivity (Wildman–Crippen MR) is 144 cm³/mol. The Labute approximate surface area is 236 Å². The first-order chi connectivity index (χ1) is 19.5. The second-order valence-electron chi connectivity index (χ2n) is 10.0. The Morgan fingerprint density at radius 3 is 2.71 bits per heavy atom. The number of aliphatic hydroxyl groups is 1. The Kier molecular flexibility index (Phi) is 6.57. The molecule has 0 spiro atoms. The highest BCUT2D eigenvalue weighted by molar-refractivity contribution is 6.34. The number of aliphatic hydroxyl groups excluding tert-OH is 1. The maximum absolute atomic E-state index is 16.3. The van der Waals surface area contributed by atoms with E-state index in [0.29, 0.717) is 11.4 Å². The molecule has 41 heavy (non-hydrogen) atoms. The lowest BCUT2D eigenvalue weighted by atomic mass is 9.96. The minimum absolute atomic E-state index is 0.0372. The zero-order valence-corrected chi connectivity index (χ0v) is 22.2. The summed E-state index contributed by atoms with van der Waals surface area (Å²) in [6.45, 7) is 3.94. The minimum Gasteiger partial charge on any atom is -0.471 e. The van der Waals surface area contributed by atoms with E-state index in [4.69, 9.17) is 16.3 Å². The molecule has 0 bridgehead atoms. The number of alkyl halides is 3.